The molecule has 2 amide bonds. The van der Waals surface area contributed by atoms with E-state index in [0.717, 1.165) is 16.7 Å². The second-order valence-electron chi connectivity index (χ2n) is 7.32. The third-order valence-electron chi connectivity index (χ3n) is 5.73. The summed E-state index contributed by atoms with van der Waals surface area (Å²) in [6.45, 7) is 5.99. The van der Waals surface area contributed by atoms with Crippen LogP contribution in [0.15, 0.2) is 54.6 Å². The standard InChI is InChI=1S/C23H28N2O3/c1-4-24(16(2)27)14-21-23(22(15-26)25(21)17(3)28)20-12-10-19(11-13-20)18-8-6-5-7-9-18/h5-13,21-23,26H,4,14-15H2,1-3H3/t21-,22+,23-/m1/s1. The van der Waals surface area contributed by atoms with Crippen LogP contribution < -0.4 is 0 Å². The third kappa shape index (κ3) is 3.80. The van der Waals surface area contributed by atoms with Gasteiger partial charge in [-0.05, 0) is 23.6 Å². The van der Waals surface area contributed by atoms with Crippen LogP contribution in [0.5, 0.6) is 0 Å². The van der Waals surface area contributed by atoms with E-state index < -0.39 is 0 Å². The number of benzene rings is 2. The Balaban J connectivity index is 1.88. The van der Waals surface area contributed by atoms with Crippen molar-refractivity contribution in [3.8, 4) is 11.1 Å². The smallest absolute Gasteiger partial charge is 0.220 e. The fourth-order valence-electron chi connectivity index (χ4n) is 4.30. The summed E-state index contributed by atoms with van der Waals surface area (Å²) in [7, 11) is 0. The van der Waals surface area contributed by atoms with Gasteiger partial charge in [-0.2, -0.15) is 0 Å². The van der Waals surface area contributed by atoms with E-state index in [1.807, 2.05) is 25.1 Å². The summed E-state index contributed by atoms with van der Waals surface area (Å²) < 4.78 is 0. The molecule has 0 unspecified atom stereocenters. The maximum atomic E-state index is 12.2. The van der Waals surface area contributed by atoms with E-state index in [-0.39, 0.29) is 36.4 Å². The number of hydrogen-bond acceptors (Lipinski definition) is 3. The van der Waals surface area contributed by atoms with Gasteiger partial charge in [-0.25, -0.2) is 0 Å². The largest absolute Gasteiger partial charge is 0.394 e. The highest BCUT2D eigenvalue weighted by Gasteiger charge is 2.50. The molecule has 148 valence electrons. The Morgan fingerprint density at radius 1 is 0.964 bits per heavy atom. The number of nitrogens with zero attached hydrogens (tertiary/aromatic N) is 2. The average molecular weight is 380 g/mol. The molecule has 0 saturated carbocycles. The minimum atomic E-state index is -0.254. The molecule has 0 aliphatic carbocycles. The topological polar surface area (TPSA) is 60.9 Å². The number of amides is 2. The van der Waals surface area contributed by atoms with Crippen molar-refractivity contribution in [1.82, 2.24) is 9.80 Å². The second kappa shape index (κ2) is 8.57. The zero-order chi connectivity index (χ0) is 20.3. The summed E-state index contributed by atoms with van der Waals surface area (Å²) in [5.41, 5.74) is 3.36. The number of likely N-dealkylation sites (tertiary alicyclic amines) is 1. The number of carbonyl (C=O) groups excluding carboxylic acids is 2. The molecule has 3 atom stereocenters. The first-order chi connectivity index (χ1) is 13.5. The Morgan fingerprint density at radius 3 is 2.07 bits per heavy atom. The number of carbonyl (C=O) groups is 2. The van der Waals surface area contributed by atoms with Crippen molar-refractivity contribution in [3.05, 3.63) is 60.2 Å². The molecule has 0 aromatic heterocycles. The SMILES string of the molecule is CCN(C[C@@H]1[C@@H](c2ccc(-c3ccccc3)cc2)[C@H](CO)N1C(C)=O)C(C)=O. The molecular weight excluding hydrogens is 352 g/mol. The third-order valence-corrected chi connectivity index (χ3v) is 5.73. The summed E-state index contributed by atoms with van der Waals surface area (Å²) in [5, 5.41) is 9.91. The van der Waals surface area contributed by atoms with Crippen LogP contribution in [-0.4, -0.2) is 58.5 Å². The molecule has 1 aliphatic heterocycles. The number of aliphatic hydroxyl groups excluding tert-OH is 1. The van der Waals surface area contributed by atoms with Crippen molar-refractivity contribution in [1.29, 1.82) is 0 Å². The van der Waals surface area contributed by atoms with Crippen molar-refractivity contribution < 1.29 is 14.7 Å². The van der Waals surface area contributed by atoms with Crippen LogP contribution in [-0.2, 0) is 9.59 Å². The quantitative estimate of drug-likeness (QED) is 0.838. The summed E-state index contributed by atoms with van der Waals surface area (Å²) in [6, 6.07) is 18.1. The van der Waals surface area contributed by atoms with Gasteiger partial charge in [-0.3, -0.25) is 9.59 Å². The molecule has 28 heavy (non-hydrogen) atoms. The van der Waals surface area contributed by atoms with Crippen LogP contribution in [0.1, 0.15) is 32.3 Å². The van der Waals surface area contributed by atoms with E-state index in [1.54, 1.807) is 16.7 Å². The number of hydrogen-bond donors (Lipinski definition) is 1. The number of likely N-dealkylation sites (N-methyl/N-ethyl adjacent to an activating group) is 1. The minimum Gasteiger partial charge on any atom is -0.394 e. The second-order valence-corrected chi connectivity index (χ2v) is 7.32. The number of aliphatic hydroxyl groups is 1. The summed E-state index contributed by atoms with van der Waals surface area (Å²) in [4.78, 5) is 27.5. The van der Waals surface area contributed by atoms with E-state index in [9.17, 15) is 14.7 Å². The fourth-order valence-corrected chi connectivity index (χ4v) is 4.30. The highest BCUT2D eigenvalue weighted by Crippen LogP contribution is 2.41. The first-order valence-corrected chi connectivity index (χ1v) is 9.78. The molecule has 1 saturated heterocycles. The highest BCUT2D eigenvalue weighted by molar-refractivity contribution is 5.77. The van der Waals surface area contributed by atoms with Crippen LogP contribution in [0, 0.1) is 0 Å². The summed E-state index contributed by atoms with van der Waals surface area (Å²) >= 11 is 0. The molecule has 5 heteroatoms. The predicted molar refractivity (Wildman–Crippen MR) is 110 cm³/mol. The molecule has 0 bridgehead atoms. The van der Waals surface area contributed by atoms with Gasteiger partial charge in [-0.15, -0.1) is 0 Å². The van der Waals surface area contributed by atoms with Gasteiger partial charge in [0, 0.05) is 32.9 Å². The van der Waals surface area contributed by atoms with Crippen molar-refractivity contribution in [3.63, 3.8) is 0 Å². The van der Waals surface area contributed by atoms with Crippen molar-refractivity contribution in [2.75, 3.05) is 19.7 Å². The van der Waals surface area contributed by atoms with Gasteiger partial charge in [0.1, 0.15) is 0 Å². The lowest BCUT2D eigenvalue weighted by Crippen LogP contribution is -2.68. The molecule has 5 nitrogen and oxygen atoms in total. The van der Waals surface area contributed by atoms with Crippen LogP contribution in [0.25, 0.3) is 11.1 Å². The Labute approximate surface area is 166 Å². The van der Waals surface area contributed by atoms with Gasteiger partial charge in [0.05, 0.1) is 18.7 Å². The van der Waals surface area contributed by atoms with E-state index in [1.165, 1.54) is 6.92 Å². The van der Waals surface area contributed by atoms with E-state index >= 15 is 0 Å². The van der Waals surface area contributed by atoms with Gasteiger partial charge in [0.25, 0.3) is 0 Å². The monoisotopic (exact) mass is 380 g/mol. The van der Waals surface area contributed by atoms with Crippen LogP contribution in [0.2, 0.25) is 0 Å². The Hall–Kier alpha value is -2.66. The Kier molecular flexibility index (Phi) is 6.15. The van der Waals surface area contributed by atoms with Crippen LogP contribution >= 0.6 is 0 Å². The van der Waals surface area contributed by atoms with Gasteiger partial charge >= 0.3 is 0 Å². The lowest BCUT2D eigenvalue weighted by Gasteiger charge is -2.55. The Bertz CT molecular complexity index is 820. The molecule has 2 aromatic rings. The lowest BCUT2D eigenvalue weighted by molar-refractivity contribution is -0.152. The zero-order valence-corrected chi connectivity index (χ0v) is 16.7. The molecule has 3 rings (SSSR count). The predicted octanol–water partition coefficient (Wildman–Crippen LogP) is 2.90. The molecule has 1 fully saturated rings. The molecule has 1 heterocycles. The van der Waals surface area contributed by atoms with Gasteiger partial charge in [-0.1, -0.05) is 54.6 Å². The van der Waals surface area contributed by atoms with Crippen molar-refractivity contribution in [2.45, 2.75) is 38.8 Å². The normalized spacial score (nSPS) is 21.1. The maximum Gasteiger partial charge on any atom is 0.220 e. The highest BCUT2D eigenvalue weighted by atomic mass is 16.3. The van der Waals surface area contributed by atoms with E-state index in [0.29, 0.717) is 13.1 Å². The molecular formula is C23H28N2O3. The molecule has 0 radical (unpaired) electrons. The van der Waals surface area contributed by atoms with Crippen molar-refractivity contribution >= 4 is 11.8 Å². The average Bonchev–Trinajstić information content (AvgIpc) is 2.68. The van der Waals surface area contributed by atoms with Gasteiger partial charge < -0.3 is 14.9 Å². The summed E-state index contributed by atoms with van der Waals surface area (Å²) in [6.07, 6.45) is 0. The van der Waals surface area contributed by atoms with Crippen molar-refractivity contribution in [2.24, 2.45) is 0 Å². The van der Waals surface area contributed by atoms with Gasteiger partial charge in [0.2, 0.25) is 11.8 Å². The molecule has 0 spiro atoms. The van der Waals surface area contributed by atoms with E-state index in [2.05, 4.69) is 36.4 Å². The van der Waals surface area contributed by atoms with Crippen LogP contribution in [0.4, 0.5) is 0 Å². The van der Waals surface area contributed by atoms with Crippen LogP contribution in [0.3, 0.4) is 0 Å². The molecule has 1 aliphatic rings. The number of rotatable bonds is 6. The Morgan fingerprint density at radius 2 is 1.57 bits per heavy atom. The first kappa shape index (κ1) is 20.1. The summed E-state index contributed by atoms with van der Waals surface area (Å²) in [5.74, 6) is -0.0652. The maximum absolute atomic E-state index is 12.2. The first-order valence-electron chi connectivity index (χ1n) is 9.78. The molecule has 1 N–H and O–H groups in total. The van der Waals surface area contributed by atoms with E-state index in [4.69, 9.17) is 0 Å². The fraction of sp³-hybridized carbons (Fsp3) is 0.391. The lowest BCUT2D eigenvalue weighted by atomic mass is 9.74. The zero-order valence-electron chi connectivity index (χ0n) is 16.7. The van der Waals surface area contributed by atoms with Gasteiger partial charge in [0.15, 0.2) is 0 Å². The molecule has 2 aromatic carbocycles. The minimum absolute atomic E-state index is 0.00312.